The predicted molar refractivity (Wildman–Crippen MR) is 38.8 cm³/mol. The Hall–Kier alpha value is -0.740. The number of nitrogens with one attached hydrogen (secondary N) is 1. The first-order valence-corrected chi connectivity index (χ1v) is 3.56. The molecule has 12 heavy (non-hydrogen) atoms. The van der Waals surface area contributed by atoms with E-state index in [4.69, 9.17) is 11.1 Å². The Morgan fingerprint density at radius 3 is 1.75 bits per heavy atom. The van der Waals surface area contributed by atoms with Gasteiger partial charge in [-0.3, -0.25) is 5.41 Å². The van der Waals surface area contributed by atoms with Crippen molar-refractivity contribution in [1.82, 2.24) is 0 Å². The highest BCUT2D eigenvalue weighted by atomic mass is 19.4. The number of amidine groups is 1. The molecule has 0 spiro atoms. The van der Waals surface area contributed by atoms with Crippen molar-refractivity contribution in [3.05, 3.63) is 0 Å². The molecule has 0 aromatic carbocycles. The van der Waals surface area contributed by atoms with Gasteiger partial charge in [0.2, 0.25) is 0 Å². The molecule has 1 unspecified atom stereocenters. The Labute approximate surface area is 68.4 Å². The summed E-state index contributed by atoms with van der Waals surface area (Å²) in [5, 5.41) is 6.93. The number of nitrogens with two attached hydrogens (primary N) is 1. The lowest BCUT2D eigenvalue weighted by molar-refractivity contribution is -0.174. The van der Waals surface area contributed by atoms with Gasteiger partial charge in [-0.1, -0.05) is 13.8 Å². The topological polar surface area (TPSA) is 49.9 Å². The van der Waals surface area contributed by atoms with Gasteiger partial charge in [-0.15, -0.1) is 0 Å². The molecule has 0 aromatic heterocycles. The number of rotatable bonds is 1. The van der Waals surface area contributed by atoms with E-state index < -0.39 is 22.8 Å². The molecule has 1 fully saturated rings. The van der Waals surface area contributed by atoms with Crippen LogP contribution in [0.25, 0.3) is 0 Å². The molecule has 0 heterocycles. The number of halogens is 3. The molecule has 2 nitrogen and oxygen atoms in total. The standard InChI is InChI=1S/C7H11F3N2/c1-5(2)3-6(5,4(11)12)7(8,9)10/h3H2,1-2H3,(H3,11,12). The fourth-order valence-corrected chi connectivity index (χ4v) is 1.72. The van der Waals surface area contributed by atoms with E-state index in [2.05, 4.69) is 0 Å². The first-order chi connectivity index (χ1) is 5.15. The molecular formula is C7H11F3N2. The second kappa shape index (κ2) is 1.95. The second-order valence-corrected chi connectivity index (χ2v) is 3.88. The molecule has 5 heteroatoms. The van der Waals surface area contributed by atoms with Gasteiger partial charge < -0.3 is 5.73 Å². The van der Waals surface area contributed by atoms with Crippen LogP contribution in [0.1, 0.15) is 20.3 Å². The van der Waals surface area contributed by atoms with Crippen LogP contribution in [0.15, 0.2) is 0 Å². The molecule has 0 aliphatic heterocycles. The van der Waals surface area contributed by atoms with E-state index in [9.17, 15) is 13.2 Å². The Bertz CT molecular complexity index is 231. The fourth-order valence-electron chi connectivity index (χ4n) is 1.72. The van der Waals surface area contributed by atoms with Gasteiger partial charge in [0.15, 0.2) is 0 Å². The number of alkyl halides is 3. The summed E-state index contributed by atoms with van der Waals surface area (Å²) in [5.41, 5.74) is 2.00. The summed E-state index contributed by atoms with van der Waals surface area (Å²) in [6.45, 7) is 2.95. The lowest BCUT2D eigenvalue weighted by Gasteiger charge is -2.21. The molecule has 0 amide bonds. The maximum atomic E-state index is 12.4. The van der Waals surface area contributed by atoms with Gasteiger partial charge >= 0.3 is 6.18 Å². The van der Waals surface area contributed by atoms with Crippen LogP contribution in [0.3, 0.4) is 0 Å². The zero-order chi connectivity index (χ0) is 9.78. The summed E-state index contributed by atoms with van der Waals surface area (Å²) in [7, 11) is 0. The second-order valence-electron chi connectivity index (χ2n) is 3.88. The molecule has 0 aromatic rings. The first-order valence-electron chi connectivity index (χ1n) is 3.56. The molecule has 0 bridgehead atoms. The van der Waals surface area contributed by atoms with Crippen LogP contribution in [0, 0.1) is 16.2 Å². The van der Waals surface area contributed by atoms with Gasteiger partial charge in [0.05, 0.1) is 0 Å². The molecule has 3 N–H and O–H groups in total. The maximum absolute atomic E-state index is 12.4. The van der Waals surface area contributed by atoms with Crippen molar-refractivity contribution in [2.45, 2.75) is 26.4 Å². The summed E-state index contributed by atoms with van der Waals surface area (Å²) in [6, 6.07) is 0. The third-order valence-electron chi connectivity index (χ3n) is 2.68. The predicted octanol–water partition coefficient (Wildman–Crippen LogP) is 1.90. The van der Waals surface area contributed by atoms with E-state index in [0.717, 1.165) is 0 Å². The Morgan fingerprint density at radius 2 is 1.75 bits per heavy atom. The van der Waals surface area contributed by atoms with Crippen molar-refractivity contribution >= 4 is 5.84 Å². The summed E-state index contributed by atoms with van der Waals surface area (Å²) in [5.74, 6) is -0.764. The van der Waals surface area contributed by atoms with E-state index in [0.29, 0.717) is 0 Å². The third kappa shape index (κ3) is 0.850. The van der Waals surface area contributed by atoms with E-state index >= 15 is 0 Å². The Morgan fingerprint density at radius 1 is 1.42 bits per heavy atom. The molecular weight excluding hydrogens is 169 g/mol. The molecule has 1 aliphatic rings. The molecule has 0 radical (unpaired) electrons. The monoisotopic (exact) mass is 180 g/mol. The lowest BCUT2D eigenvalue weighted by atomic mass is 9.94. The van der Waals surface area contributed by atoms with Gasteiger partial charge in [0, 0.05) is 0 Å². The van der Waals surface area contributed by atoms with Crippen LogP contribution >= 0.6 is 0 Å². The highest BCUT2D eigenvalue weighted by Crippen LogP contribution is 2.70. The Kier molecular flexibility index (Phi) is 1.52. The van der Waals surface area contributed by atoms with Crippen LogP contribution < -0.4 is 5.73 Å². The minimum atomic E-state index is -4.39. The molecule has 1 aliphatic carbocycles. The summed E-state index contributed by atoms with van der Waals surface area (Å²) in [6.07, 6.45) is -4.46. The average Bonchev–Trinajstić information content (AvgIpc) is 2.33. The zero-order valence-electron chi connectivity index (χ0n) is 6.92. The first kappa shape index (κ1) is 9.35. The van der Waals surface area contributed by atoms with Crippen molar-refractivity contribution in [3.63, 3.8) is 0 Å². The lowest BCUT2D eigenvalue weighted by Crippen LogP contribution is -2.40. The van der Waals surface area contributed by atoms with Crippen LogP contribution in [0.2, 0.25) is 0 Å². The largest absolute Gasteiger partial charge is 0.401 e. The van der Waals surface area contributed by atoms with E-state index in [1.165, 1.54) is 13.8 Å². The fraction of sp³-hybridized carbons (Fsp3) is 0.857. The quantitative estimate of drug-likeness (QED) is 0.470. The van der Waals surface area contributed by atoms with Crippen molar-refractivity contribution < 1.29 is 13.2 Å². The molecule has 1 saturated carbocycles. The van der Waals surface area contributed by atoms with Crippen LogP contribution in [0.5, 0.6) is 0 Å². The number of hydrogen-bond acceptors (Lipinski definition) is 1. The minimum Gasteiger partial charge on any atom is -0.387 e. The molecule has 70 valence electrons. The normalized spacial score (nSPS) is 33.1. The van der Waals surface area contributed by atoms with Gasteiger partial charge in [-0.05, 0) is 11.8 Å². The van der Waals surface area contributed by atoms with Crippen molar-refractivity contribution in [3.8, 4) is 0 Å². The highest BCUT2D eigenvalue weighted by Gasteiger charge is 2.77. The van der Waals surface area contributed by atoms with Gasteiger partial charge in [-0.25, -0.2) is 0 Å². The molecule has 0 saturated heterocycles. The van der Waals surface area contributed by atoms with Gasteiger partial charge in [0.25, 0.3) is 0 Å². The SMILES string of the molecule is CC1(C)CC1(C(=N)N)C(F)(F)F. The van der Waals surface area contributed by atoms with E-state index in [1.807, 2.05) is 0 Å². The smallest absolute Gasteiger partial charge is 0.387 e. The van der Waals surface area contributed by atoms with Crippen molar-refractivity contribution in [2.75, 3.05) is 0 Å². The third-order valence-corrected chi connectivity index (χ3v) is 2.68. The average molecular weight is 180 g/mol. The summed E-state index contributed by atoms with van der Waals surface area (Å²) >= 11 is 0. The molecule has 1 rings (SSSR count). The van der Waals surface area contributed by atoms with Crippen LogP contribution in [0.4, 0.5) is 13.2 Å². The summed E-state index contributed by atoms with van der Waals surface area (Å²) in [4.78, 5) is 0. The zero-order valence-corrected chi connectivity index (χ0v) is 6.92. The Balaban J connectivity index is 3.03. The minimum absolute atomic E-state index is 0.0706. The van der Waals surface area contributed by atoms with Crippen LogP contribution in [-0.4, -0.2) is 12.0 Å². The van der Waals surface area contributed by atoms with E-state index in [1.54, 1.807) is 0 Å². The highest BCUT2D eigenvalue weighted by molar-refractivity contribution is 5.88. The van der Waals surface area contributed by atoms with Crippen molar-refractivity contribution in [2.24, 2.45) is 16.6 Å². The molecule has 1 atom stereocenters. The van der Waals surface area contributed by atoms with Gasteiger partial charge in [-0.2, -0.15) is 13.2 Å². The van der Waals surface area contributed by atoms with Crippen molar-refractivity contribution in [1.29, 1.82) is 5.41 Å². The van der Waals surface area contributed by atoms with Crippen LogP contribution in [-0.2, 0) is 0 Å². The summed E-state index contributed by atoms with van der Waals surface area (Å²) < 4.78 is 37.3. The number of hydrogen-bond donors (Lipinski definition) is 2. The van der Waals surface area contributed by atoms with Gasteiger partial charge in [0.1, 0.15) is 11.3 Å². The van der Waals surface area contributed by atoms with E-state index in [-0.39, 0.29) is 6.42 Å². The maximum Gasteiger partial charge on any atom is 0.401 e.